The molecular formula is C19H23FN2O4. The van der Waals surface area contributed by atoms with Crippen LogP contribution in [0.1, 0.15) is 36.0 Å². The number of rotatable bonds is 3. The Hall–Kier alpha value is -2.15. The molecule has 0 radical (unpaired) electrons. The number of halogens is 1. The van der Waals surface area contributed by atoms with E-state index in [1.54, 1.807) is 4.90 Å². The Kier molecular flexibility index (Phi) is 4.56. The predicted molar refractivity (Wildman–Crippen MR) is 91.5 cm³/mol. The van der Waals surface area contributed by atoms with Gasteiger partial charge in [-0.1, -0.05) is 0 Å². The van der Waals surface area contributed by atoms with Gasteiger partial charge in [0.25, 0.3) is 5.91 Å². The maximum atomic E-state index is 13.7. The average molecular weight is 362 g/mol. The molecule has 2 amide bonds. The van der Waals surface area contributed by atoms with Crippen LogP contribution in [0, 0.1) is 5.82 Å². The minimum atomic E-state index is -0.516. The van der Waals surface area contributed by atoms with E-state index >= 15 is 0 Å². The van der Waals surface area contributed by atoms with Crippen molar-refractivity contribution in [2.24, 2.45) is 0 Å². The van der Waals surface area contributed by atoms with Gasteiger partial charge in [-0.3, -0.25) is 9.59 Å². The fourth-order valence-corrected chi connectivity index (χ4v) is 4.35. The van der Waals surface area contributed by atoms with Gasteiger partial charge in [0, 0.05) is 31.7 Å². The third-order valence-corrected chi connectivity index (χ3v) is 5.66. The highest BCUT2D eigenvalue weighted by Crippen LogP contribution is 2.36. The van der Waals surface area contributed by atoms with Crippen LogP contribution in [0.5, 0.6) is 5.75 Å². The monoisotopic (exact) mass is 362 g/mol. The van der Waals surface area contributed by atoms with Gasteiger partial charge in [0.1, 0.15) is 6.04 Å². The quantitative estimate of drug-likeness (QED) is 0.823. The molecule has 0 spiro atoms. The van der Waals surface area contributed by atoms with Crippen molar-refractivity contribution in [2.45, 2.75) is 43.9 Å². The van der Waals surface area contributed by atoms with E-state index in [9.17, 15) is 14.0 Å². The van der Waals surface area contributed by atoms with Crippen LogP contribution in [0.3, 0.4) is 0 Å². The van der Waals surface area contributed by atoms with Gasteiger partial charge in [0.2, 0.25) is 5.91 Å². The second-order valence-electron chi connectivity index (χ2n) is 7.11. The lowest BCUT2D eigenvalue weighted by Gasteiger charge is -2.31. The number of benzene rings is 1. The lowest BCUT2D eigenvalue weighted by Crippen LogP contribution is -2.49. The van der Waals surface area contributed by atoms with Crippen molar-refractivity contribution in [3.63, 3.8) is 0 Å². The van der Waals surface area contributed by atoms with Gasteiger partial charge in [-0.05, 0) is 37.5 Å². The molecule has 3 atom stereocenters. The van der Waals surface area contributed by atoms with Crippen LogP contribution in [0.2, 0.25) is 0 Å². The van der Waals surface area contributed by atoms with Gasteiger partial charge < -0.3 is 19.3 Å². The van der Waals surface area contributed by atoms with E-state index in [1.165, 1.54) is 25.3 Å². The first kappa shape index (κ1) is 17.3. The van der Waals surface area contributed by atoms with Crippen LogP contribution in [-0.2, 0) is 9.53 Å². The second kappa shape index (κ2) is 6.87. The van der Waals surface area contributed by atoms with E-state index in [0.29, 0.717) is 18.6 Å². The number of amides is 2. The maximum absolute atomic E-state index is 13.7. The van der Waals surface area contributed by atoms with E-state index in [4.69, 9.17) is 9.47 Å². The Morgan fingerprint density at radius 1 is 1.27 bits per heavy atom. The number of ether oxygens (including phenoxy) is 2. The summed E-state index contributed by atoms with van der Waals surface area (Å²) in [6.45, 7) is 2.09. The van der Waals surface area contributed by atoms with E-state index < -0.39 is 11.9 Å². The molecule has 0 N–H and O–H groups in total. The second-order valence-corrected chi connectivity index (χ2v) is 7.11. The van der Waals surface area contributed by atoms with Gasteiger partial charge in [0.15, 0.2) is 11.6 Å². The molecule has 3 saturated heterocycles. The molecule has 3 fully saturated rings. The van der Waals surface area contributed by atoms with E-state index in [-0.39, 0.29) is 29.7 Å². The number of methoxy groups -OCH3 is 1. The lowest BCUT2D eigenvalue weighted by molar-refractivity contribution is -0.134. The lowest BCUT2D eigenvalue weighted by atomic mass is 10.1. The Labute approximate surface area is 151 Å². The molecule has 3 aliphatic rings. The topological polar surface area (TPSA) is 59.1 Å². The van der Waals surface area contributed by atoms with Gasteiger partial charge in [-0.25, -0.2) is 4.39 Å². The highest BCUT2D eigenvalue weighted by atomic mass is 19.1. The summed E-state index contributed by atoms with van der Waals surface area (Å²) in [5.41, 5.74) is 0.329. The minimum Gasteiger partial charge on any atom is -0.494 e. The Bertz CT molecular complexity index is 719. The third kappa shape index (κ3) is 2.84. The molecule has 0 saturated carbocycles. The molecule has 0 aliphatic carbocycles. The first-order valence-corrected chi connectivity index (χ1v) is 9.16. The number of likely N-dealkylation sites (tertiary alicyclic amines) is 2. The highest BCUT2D eigenvalue weighted by molar-refractivity contribution is 5.98. The Balaban J connectivity index is 1.63. The Morgan fingerprint density at radius 2 is 2.04 bits per heavy atom. The molecule has 0 aromatic heterocycles. The zero-order valence-electron chi connectivity index (χ0n) is 14.8. The normalized spacial score (nSPS) is 27.7. The molecule has 140 valence electrons. The van der Waals surface area contributed by atoms with Crippen LogP contribution in [-0.4, -0.2) is 66.6 Å². The van der Waals surface area contributed by atoms with Gasteiger partial charge in [-0.2, -0.15) is 0 Å². The van der Waals surface area contributed by atoms with Crippen LogP contribution in [0.25, 0.3) is 0 Å². The molecule has 26 heavy (non-hydrogen) atoms. The van der Waals surface area contributed by atoms with Crippen LogP contribution in [0.15, 0.2) is 18.2 Å². The van der Waals surface area contributed by atoms with Gasteiger partial charge >= 0.3 is 0 Å². The van der Waals surface area contributed by atoms with E-state index in [1.807, 2.05) is 4.90 Å². The van der Waals surface area contributed by atoms with Crippen LogP contribution in [0.4, 0.5) is 4.39 Å². The molecule has 3 aliphatic heterocycles. The summed E-state index contributed by atoms with van der Waals surface area (Å²) >= 11 is 0. The molecule has 3 heterocycles. The fourth-order valence-electron chi connectivity index (χ4n) is 4.35. The van der Waals surface area contributed by atoms with Gasteiger partial charge in [0.05, 0.1) is 19.3 Å². The van der Waals surface area contributed by atoms with Crippen molar-refractivity contribution >= 4 is 11.8 Å². The number of carbonyl (C=O) groups excluding carboxylic acids is 2. The Morgan fingerprint density at radius 3 is 2.77 bits per heavy atom. The summed E-state index contributed by atoms with van der Waals surface area (Å²) in [4.78, 5) is 29.7. The number of hydrogen-bond donors (Lipinski definition) is 0. The van der Waals surface area contributed by atoms with Crippen molar-refractivity contribution in [3.05, 3.63) is 29.6 Å². The number of nitrogens with zero attached hydrogens (tertiary/aromatic N) is 2. The fraction of sp³-hybridized carbons (Fsp3) is 0.579. The van der Waals surface area contributed by atoms with Crippen molar-refractivity contribution in [2.75, 3.05) is 26.8 Å². The summed E-state index contributed by atoms with van der Waals surface area (Å²) in [6, 6.07) is 3.46. The van der Waals surface area contributed by atoms with Gasteiger partial charge in [-0.15, -0.1) is 0 Å². The van der Waals surface area contributed by atoms with Crippen LogP contribution >= 0.6 is 0 Å². The molecule has 0 unspecified atom stereocenters. The highest BCUT2D eigenvalue weighted by Gasteiger charge is 2.50. The largest absolute Gasteiger partial charge is 0.494 e. The molecule has 6 nitrogen and oxygen atoms in total. The summed E-state index contributed by atoms with van der Waals surface area (Å²) < 4.78 is 24.5. The minimum absolute atomic E-state index is 0.00271. The number of fused-ring (bicyclic) bond motifs is 1. The summed E-state index contributed by atoms with van der Waals surface area (Å²) in [5, 5.41) is 0. The van der Waals surface area contributed by atoms with E-state index in [0.717, 1.165) is 32.4 Å². The van der Waals surface area contributed by atoms with Crippen molar-refractivity contribution < 1.29 is 23.5 Å². The molecule has 7 heteroatoms. The van der Waals surface area contributed by atoms with Crippen molar-refractivity contribution in [3.8, 4) is 5.75 Å². The summed E-state index contributed by atoms with van der Waals surface area (Å²) in [7, 11) is 1.36. The molecule has 0 bridgehead atoms. The standard InChI is InChI=1S/C19H23FN2O4/c1-25-16-10-12(4-5-13(16)20)18(23)22-14-6-9-26-17(14)11-15(22)19(24)21-7-2-3-8-21/h4-5,10,14-15,17H,2-3,6-9,11H2,1H3/t14-,15-,17-/m0/s1. The van der Waals surface area contributed by atoms with E-state index in [2.05, 4.69) is 0 Å². The van der Waals surface area contributed by atoms with Crippen molar-refractivity contribution in [1.29, 1.82) is 0 Å². The number of carbonyl (C=O) groups is 2. The summed E-state index contributed by atoms with van der Waals surface area (Å²) in [6.07, 6.45) is 3.16. The SMILES string of the molecule is COc1cc(C(=O)N2[C@H](C(=O)N3CCCC3)C[C@@H]3OCC[C@@H]32)ccc1F. The molecule has 4 rings (SSSR count). The average Bonchev–Trinajstić information content (AvgIpc) is 3.37. The zero-order chi connectivity index (χ0) is 18.3. The number of hydrogen-bond acceptors (Lipinski definition) is 4. The summed E-state index contributed by atoms with van der Waals surface area (Å²) in [5.74, 6) is -0.754. The zero-order valence-corrected chi connectivity index (χ0v) is 14.8. The first-order valence-electron chi connectivity index (χ1n) is 9.16. The van der Waals surface area contributed by atoms with Crippen molar-refractivity contribution in [1.82, 2.24) is 9.80 Å². The molecule has 1 aromatic rings. The molecule has 1 aromatic carbocycles. The third-order valence-electron chi connectivity index (χ3n) is 5.66. The molecular weight excluding hydrogens is 339 g/mol. The first-order chi connectivity index (χ1) is 12.6. The maximum Gasteiger partial charge on any atom is 0.255 e. The smallest absolute Gasteiger partial charge is 0.255 e. The van der Waals surface area contributed by atoms with Crippen LogP contribution < -0.4 is 4.74 Å². The predicted octanol–water partition coefficient (Wildman–Crippen LogP) is 1.83.